The van der Waals surface area contributed by atoms with Crippen molar-refractivity contribution in [2.45, 2.75) is 13.8 Å². The second kappa shape index (κ2) is 7.84. The minimum Gasteiger partial charge on any atom is -0.493 e. The lowest BCUT2D eigenvalue weighted by Gasteiger charge is -2.12. The molecule has 0 saturated carbocycles. The summed E-state index contributed by atoms with van der Waals surface area (Å²) in [5.74, 6) is 1.17. The Hall–Kier alpha value is -2.01. The van der Waals surface area contributed by atoms with Crippen LogP contribution in [0.1, 0.15) is 24.2 Å². The molecule has 0 bridgehead atoms. The molecule has 0 unspecified atom stereocenters. The van der Waals surface area contributed by atoms with Gasteiger partial charge in [0.1, 0.15) is 11.5 Å². The van der Waals surface area contributed by atoms with Crippen molar-refractivity contribution in [3.8, 4) is 11.5 Å². The van der Waals surface area contributed by atoms with Crippen molar-refractivity contribution in [1.29, 1.82) is 0 Å². The molecule has 4 nitrogen and oxygen atoms in total. The van der Waals surface area contributed by atoms with E-state index in [2.05, 4.69) is 21.2 Å². The summed E-state index contributed by atoms with van der Waals surface area (Å²) in [7, 11) is 0. The SMILES string of the molecule is CCOc1ccc(C(=O)Nc2ccccc2OCC)cc1Br. The number of benzene rings is 2. The van der Waals surface area contributed by atoms with Crippen LogP contribution in [0.25, 0.3) is 0 Å². The van der Waals surface area contributed by atoms with E-state index in [1.165, 1.54) is 0 Å². The van der Waals surface area contributed by atoms with Crippen LogP contribution < -0.4 is 14.8 Å². The van der Waals surface area contributed by atoms with Crippen LogP contribution in [-0.4, -0.2) is 19.1 Å². The van der Waals surface area contributed by atoms with Gasteiger partial charge in [-0.25, -0.2) is 0 Å². The summed E-state index contributed by atoms with van der Waals surface area (Å²) in [6, 6.07) is 12.6. The maximum atomic E-state index is 12.4. The molecule has 0 aliphatic rings. The van der Waals surface area contributed by atoms with E-state index in [-0.39, 0.29) is 5.91 Å². The minimum absolute atomic E-state index is 0.198. The molecule has 0 aromatic heterocycles. The van der Waals surface area contributed by atoms with Gasteiger partial charge in [-0.3, -0.25) is 4.79 Å². The van der Waals surface area contributed by atoms with Gasteiger partial charge in [0, 0.05) is 5.56 Å². The Balaban J connectivity index is 2.17. The van der Waals surface area contributed by atoms with Crippen molar-refractivity contribution < 1.29 is 14.3 Å². The fourth-order valence-electron chi connectivity index (χ4n) is 1.96. The largest absolute Gasteiger partial charge is 0.493 e. The Kier molecular flexibility index (Phi) is 5.83. The van der Waals surface area contributed by atoms with Crippen molar-refractivity contribution in [3.63, 3.8) is 0 Å². The van der Waals surface area contributed by atoms with Crippen LogP contribution in [0.5, 0.6) is 11.5 Å². The van der Waals surface area contributed by atoms with E-state index in [0.717, 1.165) is 4.47 Å². The van der Waals surface area contributed by atoms with Crippen LogP contribution in [0.2, 0.25) is 0 Å². The molecule has 0 radical (unpaired) electrons. The first-order valence-electron chi connectivity index (χ1n) is 7.11. The van der Waals surface area contributed by atoms with Gasteiger partial charge in [0.25, 0.3) is 5.91 Å². The molecule has 22 heavy (non-hydrogen) atoms. The van der Waals surface area contributed by atoms with Gasteiger partial charge in [-0.05, 0) is 60.1 Å². The lowest BCUT2D eigenvalue weighted by atomic mass is 10.2. The van der Waals surface area contributed by atoms with E-state index in [9.17, 15) is 4.79 Å². The molecule has 116 valence electrons. The fraction of sp³-hybridized carbons (Fsp3) is 0.235. The molecule has 0 atom stereocenters. The predicted molar refractivity (Wildman–Crippen MR) is 90.9 cm³/mol. The number of hydrogen-bond acceptors (Lipinski definition) is 3. The number of carbonyl (C=O) groups excluding carboxylic acids is 1. The predicted octanol–water partition coefficient (Wildman–Crippen LogP) is 4.50. The Bertz CT molecular complexity index is 658. The third kappa shape index (κ3) is 4.01. The summed E-state index contributed by atoms with van der Waals surface area (Å²) >= 11 is 3.41. The van der Waals surface area contributed by atoms with E-state index in [4.69, 9.17) is 9.47 Å². The quantitative estimate of drug-likeness (QED) is 0.821. The molecule has 1 amide bonds. The molecule has 0 heterocycles. The van der Waals surface area contributed by atoms with Crippen LogP contribution in [0, 0.1) is 0 Å². The number of ether oxygens (including phenoxy) is 2. The number of hydrogen-bond donors (Lipinski definition) is 1. The highest BCUT2D eigenvalue weighted by atomic mass is 79.9. The summed E-state index contributed by atoms with van der Waals surface area (Å²) in [6.45, 7) is 4.94. The standard InChI is InChI=1S/C17H18BrNO3/c1-3-21-15-10-9-12(11-13(15)18)17(20)19-14-7-5-6-8-16(14)22-4-2/h5-11H,3-4H2,1-2H3,(H,19,20). The van der Waals surface area contributed by atoms with E-state index in [1.807, 2.05) is 38.1 Å². The van der Waals surface area contributed by atoms with Crippen LogP contribution in [0.3, 0.4) is 0 Å². The number of amides is 1. The average molecular weight is 364 g/mol. The van der Waals surface area contributed by atoms with Gasteiger partial charge in [-0.2, -0.15) is 0 Å². The fourth-order valence-corrected chi connectivity index (χ4v) is 2.45. The Morgan fingerprint density at radius 1 is 1.05 bits per heavy atom. The molecule has 1 N–H and O–H groups in total. The number of para-hydroxylation sites is 2. The van der Waals surface area contributed by atoms with Gasteiger partial charge in [0.05, 0.1) is 23.4 Å². The number of rotatable bonds is 6. The van der Waals surface area contributed by atoms with E-state index < -0.39 is 0 Å². The summed E-state index contributed by atoms with van der Waals surface area (Å²) < 4.78 is 11.7. The zero-order chi connectivity index (χ0) is 15.9. The van der Waals surface area contributed by atoms with Crippen molar-refractivity contribution in [3.05, 3.63) is 52.5 Å². The summed E-state index contributed by atoms with van der Waals surface area (Å²) in [4.78, 5) is 12.4. The molecule has 0 aliphatic heterocycles. The number of carbonyl (C=O) groups is 1. The van der Waals surface area contributed by atoms with E-state index >= 15 is 0 Å². The van der Waals surface area contributed by atoms with Crippen molar-refractivity contribution in [2.24, 2.45) is 0 Å². The van der Waals surface area contributed by atoms with Crippen LogP contribution in [0.4, 0.5) is 5.69 Å². The van der Waals surface area contributed by atoms with Crippen LogP contribution >= 0.6 is 15.9 Å². The Morgan fingerprint density at radius 2 is 1.73 bits per heavy atom. The van der Waals surface area contributed by atoms with Gasteiger partial charge in [0.15, 0.2) is 0 Å². The Morgan fingerprint density at radius 3 is 2.41 bits per heavy atom. The van der Waals surface area contributed by atoms with Crippen molar-refractivity contribution in [1.82, 2.24) is 0 Å². The number of halogens is 1. The monoisotopic (exact) mass is 363 g/mol. The minimum atomic E-state index is -0.198. The lowest BCUT2D eigenvalue weighted by Crippen LogP contribution is -2.13. The molecule has 0 spiro atoms. The van der Waals surface area contributed by atoms with Gasteiger partial charge < -0.3 is 14.8 Å². The first-order valence-corrected chi connectivity index (χ1v) is 7.90. The first kappa shape index (κ1) is 16.4. The van der Waals surface area contributed by atoms with Gasteiger partial charge in [-0.15, -0.1) is 0 Å². The Labute approximate surface area is 138 Å². The second-order valence-corrected chi connectivity index (χ2v) is 5.32. The van der Waals surface area contributed by atoms with Crippen molar-refractivity contribution in [2.75, 3.05) is 18.5 Å². The molecular formula is C17H18BrNO3. The first-order chi connectivity index (χ1) is 10.7. The highest BCUT2D eigenvalue weighted by Crippen LogP contribution is 2.28. The average Bonchev–Trinajstić information content (AvgIpc) is 2.51. The topological polar surface area (TPSA) is 47.6 Å². The van der Waals surface area contributed by atoms with E-state index in [0.29, 0.717) is 36.0 Å². The lowest BCUT2D eigenvalue weighted by molar-refractivity contribution is 0.102. The molecule has 5 heteroatoms. The summed E-state index contributed by atoms with van der Waals surface area (Å²) in [5.41, 5.74) is 1.20. The van der Waals surface area contributed by atoms with Crippen LogP contribution in [-0.2, 0) is 0 Å². The number of nitrogens with one attached hydrogen (secondary N) is 1. The highest BCUT2D eigenvalue weighted by Gasteiger charge is 2.11. The van der Waals surface area contributed by atoms with Gasteiger partial charge in [-0.1, -0.05) is 12.1 Å². The molecule has 2 rings (SSSR count). The maximum absolute atomic E-state index is 12.4. The third-order valence-corrected chi connectivity index (χ3v) is 3.55. The van der Waals surface area contributed by atoms with Crippen molar-refractivity contribution >= 4 is 27.5 Å². The van der Waals surface area contributed by atoms with E-state index in [1.54, 1.807) is 18.2 Å². The molecule has 2 aromatic rings. The smallest absolute Gasteiger partial charge is 0.255 e. The second-order valence-electron chi connectivity index (χ2n) is 4.46. The normalized spacial score (nSPS) is 10.1. The third-order valence-electron chi connectivity index (χ3n) is 2.93. The molecule has 0 aliphatic carbocycles. The molecular weight excluding hydrogens is 346 g/mol. The van der Waals surface area contributed by atoms with Gasteiger partial charge in [0.2, 0.25) is 0 Å². The number of anilines is 1. The molecule has 2 aromatic carbocycles. The summed E-state index contributed by atoms with van der Waals surface area (Å²) in [5, 5.41) is 2.86. The molecule has 0 saturated heterocycles. The van der Waals surface area contributed by atoms with Crippen LogP contribution in [0.15, 0.2) is 46.9 Å². The maximum Gasteiger partial charge on any atom is 0.255 e. The summed E-state index contributed by atoms with van der Waals surface area (Å²) in [6.07, 6.45) is 0. The zero-order valence-electron chi connectivity index (χ0n) is 12.6. The molecule has 0 fully saturated rings. The zero-order valence-corrected chi connectivity index (χ0v) is 14.1. The van der Waals surface area contributed by atoms with Gasteiger partial charge >= 0.3 is 0 Å². The highest BCUT2D eigenvalue weighted by molar-refractivity contribution is 9.10.